The molecule has 0 spiro atoms. The largest absolute Gasteiger partial charge is 0.493 e. The van der Waals surface area contributed by atoms with Gasteiger partial charge in [0.2, 0.25) is 11.6 Å². The predicted octanol–water partition coefficient (Wildman–Crippen LogP) is 2.74. The van der Waals surface area contributed by atoms with Crippen molar-refractivity contribution in [3.63, 3.8) is 0 Å². The number of amides is 2. The maximum Gasteiger partial charge on any atom is 0.292 e. The van der Waals surface area contributed by atoms with Crippen LogP contribution in [0.25, 0.3) is 6.08 Å². The molecule has 0 heterocycles. The third kappa shape index (κ3) is 7.58. The Morgan fingerprint density at radius 1 is 0.853 bits per heavy atom. The molecule has 2 N–H and O–H groups in total. The molecular formula is C26H30N2O6. The molecule has 0 aliphatic rings. The molecule has 0 aliphatic carbocycles. The van der Waals surface area contributed by atoms with Crippen LogP contribution < -0.4 is 20.1 Å². The van der Waals surface area contributed by atoms with Gasteiger partial charge < -0.3 is 20.1 Å². The fraction of sp³-hybridized carbons (Fsp3) is 0.308. The number of benzene rings is 2. The number of methoxy groups -OCH3 is 2. The Morgan fingerprint density at radius 3 is 2.09 bits per heavy atom. The SMILES string of the molecule is COc1ccc(/C=C/C(=O)C(=O)NC(C)Cc2ccc(C(=O)C(=O)NC(C)C)cc2)cc1OC. The molecule has 0 bridgehead atoms. The molecule has 2 aromatic carbocycles. The Kier molecular flexibility index (Phi) is 9.55. The van der Waals surface area contributed by atoms with Gasteiger partial charge in [-0.05, 0) is 56.5 Å². The van der Waals surface area contributed by atoms with Crippen LogP contribution in [0.15, 0.2) is 48.5 Å². The predicted molar refractivity (Wildman–Crippen MR) is 129 cm³/mol. The molecule has 0 aromatic heterocycles. The molecule has 0 radical (unpaired) electrons. The second-order valence-corrected chi connectivity index (χ2v) is 8.04. The van der Waals surface area contributed by atoms with Gasteiger partial charge in [0.05, 0.1) is 14.2 Å². The number of Topliss-reactive ketones (excluding diaryl/α,β-unsaturated/α-hetero) is 1. The maximum atomic E-state index is 12.2. The zero-order chi connectivity index (χ0) is 25.3. The molecule has 1 unspecified atom stereocenters. The third-order valence-corrected chi connectivity index (χ3v) is 4.82. The number of ether oxygens (including phenoxy) is 2. The average molecular weight is 467 g/mol. The Balaban J connectivity index is 1.92. The number of nitrogens with one attached hydrogen (secondary N) is 2. The maximum absolute atomic E-state index is 12.2. The summed E-state index contributed by atoms with van der Waals surface area (Å²) in [5, 5.41) is 5.23. The third-order valence-electron chi connectivity index (χ3n) is 4.82. The molecule has 0 saturated carbocycles. The number of carbonyl (C=O) groups is 4. The monoisotopic (exact) mass is 466 g/mol. The minimum Gasteiger partial charge on any atom is -0.493 e. The highest BCUT2D eigenvalue weighted by Crippen LogP contribution is 2.27. The van der Waals surface area contributed by atoms with Crippen molar-refractivity contribution < 1.29 is 28.7 Å². The van der Waals surface area contributed by atoms with E-state index in [1.54, 1.807) is 63.2 Å². The van der Waals surface area contributed by atoms with Gasteiger partial charge in [0.1, 0.15) is 0 Å². The molecule has 8 heteroatoms. The molecule has 8 nitrogen and oxygen atoms in total. The van der Waals surface area contributed by atoms with Crippen molar-refractivity contribution in [2.24, 2.45) is 0 Å². The fourth-order valence-corrected chi connectivity index (χ4v) is 3.15. The summed E-state index contributed by atoms with van der Waals surface area (Å²) in [5.41, 5.74) is 1.82. The van der Waals surface area contributed by atoms with Gasteiger partial charge in [-0.3, -0.25) is 19.2 Å². The first-order valence-corrected chi connectivity index (χ1v) is 10.8. The van der Waals surface area contributed by atoms with Gasteiger partial charge in [-0.1, -0.05) is 36.4 Å². The van der Waals surface area contributed by atoms with E-state index in [2.05, 4.69) is 10.6 Å². The van der Waals surface area contributed by atoms with Crippen LogP contribution in [0.5, 0.6) is 11.5 Å². The van der Waals surface area contributed by atoms with Crippen LogP contribution in [0, 0.1) is 0 Å². The van der Waals surface area contributed by atoms with E-state index in [0.29, 0.717) is 23.5 Å². The molecule has 2 amide bonds. The van der Waals surface area contributed by atoms with Crippen LogP contribution in [0.4, 0.5) is 0 Å². The van der Waals surface area contributed by atoms with E-state index >= 15 is 0 Å². The standard InChI is InChI=1S/C26H30N2O6/c1-16(2)27-26(32)24(30)20-10-6-18(7-11-20)14-17(3)28-25(31)21(29)12-8-19-9-13-22(33-4)23(15-19)34-5/h6-13,15-17H,14H2,1-5H3,(H,27,32)(H,28,31)/b12-8+. The van der Waals surface area contributed by atoms with E-state index in [9.17, 15) is 19.2 Å². The lowest BCUT2D eigenvalue weighted by molar-refractivity contribution is -0.135. The molecule has 0 fully saturated rings. The van der Waals surface area contributed by atoms with Gasteiger partial charge in [-0.2, -0.15) is 0 Å². The average Bonchev–Trinajstić information content (AvgIpc) is 2.81. The van der Waals surface area contributed by atoms with Crippen LogP contribution in [0.2, 0.25) is 0 Å². The quantitative estimate of drug-likeness (QED) is 0.299. The molecule has 2 rings (SSSR count). The van der Waals surface area contributed by atoms with E-state index < -0.39 is 23.4 Å². The first kappa shape index (κ1) is 26.3. The lowest BCUT2D eigenvalue weighted by Gasteiger charge is -2.13. The highest BCUT2D eigenvalue weighted by molar-refractivity contribution is 6.43. The van der Waals surface area contributed by atoms with Crippen molar-refractivity contribution in [2.45, 2.75) is 39.3 Å². The van der Waals surface area contributed by atoms with E-state index in [4.69, 9.17) is 9.47 Å². The van der Waals surface area contributed by atoms with Gasteiger partial charge >= 0.3 is 0 Å². The van der Waals surface area contributed by atoms with Crippen molar-refractivity contribution in [2.75, 3.05) is 14.2 Å². The summed E-state index contributed by atoms with van der Waals surface area (Å²) in [6, 6.07) is 11.3. The highest BCUT2D eigenvalue weighted by atomic mass is 16.5. The Labute approximate surface area is 199 Å². The fourth-order valence-electron chi connectivity index (χ4n) is 3.15. The van der Waals surface area contributed by atoms with Gasteiger partial charge in [0.15, 0.2) is 11.5 Å². The molecule has 34 heavy (non-hydrogen) atoms. The lowest BCUT2D eigenvalue weighted by atomic mass is 10.0. The normalized spacial score (nSPS) is 11.7. The van der Waals surface area contributed by atoms with Gasteiger partial charge in [0.25, 0.3) is 11.8 Å². The van der Waals surface area contributed by atoms with E-state index in [1.165, 1.54) is 26.4 Å². The molecule has 2 aromatic rings. The number of hydrogen-bond donors (Lipinski definition) is 2. The van der Waals surface area contributed by atoms with Crippen molar-refractivity contribution in [3.8, 4) is 11.5 Å². The molecule has 180 valence electrons. The highest BCUT2D eigenvalue weighted by Gasteiger charge is 2.18. The van der Waals surface area contributed by atoms with Crippen molar-refractivity contribution in [1.29, 1.82) is 0 Å². The number of rotatable bonds is 11. The Bertz CT molecular complexity index is 1070. The topological polar surface area (TPSA) is 111 Å². The second-order valence-electron chi connectivity index (χ2n) is 8.04. The van der Waals surface area contributed by atoms with Gasteiger partial charge in [0, 0.05) is 17.6 Å². The summed E-state index contributed by atoms with van der Waals surface area (Å²) in [6.07, 6.45) is 3.18. The van der Waals surface area contributed by atoms with E-state index in [1.807, 2.05) is 0 Å². The Hall–Kier alpha value is -3.94. The smallest absolute Gasteiger partial charge is 0.292 e. The number of ketones is 2. The molecule has 0 saturated heterocycles. The summed E-state index contributed by atoms with van der Waals surface area (Å²) in [7, 11) is 3.04. The number of hydrogen-bond acceptors (Lipinski definition) is 6. The van der Waals surface area contributed by atoms with Gasteiger partial charge in [-0.15, -0.1) is 0 Å². The summed E-state index contributed by atoms with van der Waals surface area (Å²) in [4.78, 5) is 48.4. The minimum atomic E-state index is -0.721. The zero-order valence-corrected chi connectivity index (χ0v) is 20.0. The van der Waals surface area contributed by atoms with Crippen LogP contribution in [-0.4, -0.2) is 49.7 Å². The van der Waals surface area contributed by atoms with Crippen LogP contribution in [-0.2, 0) is 20.8 Å². The van der Waals surface area contributed by atoms with Crippen LogP contribution >= 0.6 is 0 Å². The molecule has 0 aliphatic heterocycles. The molecule has 1 atom stereocenters. The summed E-state index contributed by atoms with van der Waals surface area (Å²) >= 11 is 0. The van der Waals surface area contributed by atoms with Gasteiger partial charge in [-0.25, -0.2) is 0 Å². The first-order chi connectivity index (χ1) is 16.1. The summed E-state index contributed by atoms with van der Waals surface area (Å²) in [6.45, 7) is 5.33. The Morgan fingerprint density at radius 2 is 1.50 bits per heavy atom. The van der Waals surface area contributed by atoms with Crippen molar-refractivity contribution >= 4 is 29.5 Å². The number of carbonyl (C=O) groups excluding carboxylic acids is 4. The van der Waals surface area contributed by atoms with Crippen molar-refractivity contribution in [3.05, 3.63) is 65.2 Å². The minimum absolute atomic E-state index is 0.128. The summed E-state index contributed by atoms with van der Waals surface area (Å²) in [5.74, 6) is -1.58. The van der Waals surface area contributed by atoms with E-state index in [-0.39, 0.29) is 17.6 Å². The first-order valence-electron chi connectivity index (χ1n) is 10.8. The lowest BCUT2D eigenvalue weighted by Crippen LogP contribution is -2.38. The summed E-state index contributed by atoms with van der Waals surface area (Å²) < 4.78 is 10.4. The van der Waals surface area contributed by atoms with Crippen LogP contribution in [0.3, 0.4) is 0 Å². The van der Waals surface area contributed by atoms with E-state index in [0.717, 1.165) is 5.56 Å². The molecular weight excluding hydrogens is 436 g/mol. The second kappa shape index (κ2) is 12.3. The van der Waals surface area contributed by atoms with Crippen LogP contribution in [0.1, 0.15) is 42.3 Å². The zero-order valence-electron chi connectivity index (χ0n) is 20.0. The van der Waals surface area contributed by atoms with Crippen molar-refractivity contribution in [1.82, 2.24) is 10.6 Å².